The van der Waals surface area contributed by atoms with E-state index in [4.69, 9.17) is 17.2 Å². The summed E-state index contributed by atoms with van der Waals surface area (Å²) in [5.41, 5.74) is 19.0. The highest BCUT2D eigenvalue weighted by molar-refractivity contribution is 5.40. The lowest BCUT2D eigenvalue weighted by Gasteiger charge is -2.18. The first kappa shape index (κ1) is 12.0. The summed E-state index contributed by atoms with van der Waals surface area (Å²) in [6.45, 7) is 3.52. The van der Waals surface area contributed by atoms with Gasteiger partial charge in [-0.05, 0) is 49.0 Å². The molecule has 6 N–H and O–H groups in total. The zero-order chi connectivity index (χ0) is 11.3. The lowest BCUT2D eigenvalue weighted by molar-refractivity contribution is 0.465. The van der Waals surface area contributed by atoms with Crippen LogP contribution in [0.5, 0.6) is 0 Å². The minimum atomic E-state index is 0.414. The number of rotatable bonds is 5. The summed E-state index contributed by atoms with van der Waals surface area (Å²) in [5.74, 6) is 0.903. The summed E-state index contributed by atoms with van der Waals surface area (Å²) in [4.78, 5) is 0. The molecule has 0 aliphatic heterocycles. The number of anilines is 1. The molecule has 0 spiro atoms. The van der Waals surface area contributed by atoms with Crippen LogP contribution in [-0.2, 0) is 0 Å². The van der Waals surface area contributed by atoms with Gasteiger partial charge in [0.15, 0.2) is 0 Å². The Labute approximate surface area is 91.6 Å². The van der Waals surface area contributed by atoms with E-state index in [1.165, 1.54) is 5.56 Å². The standard InChI is InChI=1S/C12H21N3/c1-9(6-10(7-13)8-14)11-2-4-12(15)5-3-11/h2-5,9-10H,6-8,13-15H2,1H3. The molecular weight excluding hydrogens is 186 g/mol. The van der Waals surface area contributed by atoms with Crippen molar-refractivity contribution in [1.29, 1.82) is 0 Å². The zero-order valence-electron chi connectivity index (χ0n) is 9.32. The Bertz CT molecular complexity index is 277. The lowest BCUT2D eigenvalue weighted by atomic mass is 9.90. The SMILES string of the molecule is CC(CC(CN)CN)c1ccc(N)cc1. The Hall–Kier alpha value is -1.06. The van der Waals surface area contributed by atoms with Gasteiger partial charge in [-0.1, -0.05) is 19.1 Å². The molecular formula is C12H21N3. The molecule has 3 heteroatoms. The molecule has 0 heterocycles. The van der Waals surface area contributed by atoms with Crippen molar-refractivity contribution in [3.05, 3.63) is 29.8 Å². The third-order valence-electron chi connectivity index (χ3n) is 2.86. The molecule has 3 nitrogen and oxygen atoms in total. The summed E-state index contributed by atoms with van der Waals surface area (Å²) in [6.07, 6.45) is 1.04. The van der Waals surface area contributed by atoms with E-state index in [-0.39, 0.29) is 0 Å². The van der Waals surface area contributed by atoms with Crippen molar-refractivity contribution in [2.45, 2.75) is 19.3 Å². The van der Waals surface area contributed by atoms with E-state index >= 15 is 0 Å². The van der Waals surface area contributed by atoms with E-state index in [2.05, 4.69) is 19.1 Å². The van der Waals surface area contributed by atoms with Crippen molar-refractivity contribution >= 4 is 5.69 Å². The highest BCUT2D eigenvalue weighted by atomic mass is 14.6. The molecule has 84 valence electrons. The Morgan fingerprint density at radius 2 is 1.60 bits per heavy atom. The van der Waals surface area contributed by atoms with Crippen molar-refractivity contribution in [3.63, 3.8) is 0 Å². The second-order valence-electron chi connectivity index (χ2n) is 4.14. The predicted octanol–water partition coefficient (Wildman–Crippen LogP) is 1.30. The highest BCUT2D eigenvalue weighted by Crippen LogP contribution is 2.23. The number of benzene rings is 1. The average molecular weight is 207 g/mol. The molecule has 0 amide bonds. The minimum Gasteiger partial charge on any atom is -0.399 e. The monoisotopic (exact) mass is 207 g/mol. The summed E-state index contributed by atoms with van der Waals surface area (Å²) >= 11 is 0. The van der Waals surface area contributed by atoms with Crippen molar-refractivity contribution in [2.24, 2.45) is 17.4 Å². The second kappa shape index (κ2) is 5.73. The topological polar surface area (TPSA) is 78.1 Å². The van der Waals surface area contributed by atoms with Crippen LogP contribution in [0, 0.1) is 5.92 Å². The molecule has 1 atom stereocenters. The fourth-order valence-electron chi connectivity index (χ4n) is 1.75. The Kier molecular flexibility index (Phi) is 4.59. The van der Waals surface area contributed by atoms with Gasteiger partial charge >= 0.3 is 0 Å². The van der Waals surface area contributed by atoms with Gasteiger partial charge in [0.25, 0.3) is 0 Å². The van der Waals surface area contributed by atoms with Crippen LogP contribution in [-0.4, -0.2) is 13.1 Å². The first-order chi connectivity index (χ1) is 7.17. The largest absolute Gasteiger partial charge is 0.399 e. The van der Waals surface area contributed by atoms with Crippen molar-refractivity contribution in [2.75, 3.05) is 18.8 Å². The second-order valence-corrected chi connectivity index (χ2v) is 4.14. The van der Waals surface area contributed by atoms with Crippen molar-refractivity contribution in [1.82, 2.24) is 0 Å². The third-order valence-corrected chi connectivity index (χ3v) is 2.86. The van der Waals surface area contributed by atoms with Gasteiger partial charge in [-0.25, -0.2) is 0 Å². The van der Waals surface area contributed by atoms with Gasteiger partial charge < -0.3 is 17.2 Å². The molecule has 1 aromatic carbocycles. The van der Waals surface area contributed by atoms with Crippen LogP contribution in [0.4, 0.5) is 5.69 Å². The van der Waals surface area contributed by atoms with Crippen LogP contribution < -0.4 is 17.2 Å². The Balaban J connectivity index is 2.60. The van der Waals surface area contributed by atoms with Gasteiger partial charge in [0, 0.05) is 5.69 Å². The van der Waals surface area contributed by atoms with Crippen LogP contribution in [0.15, 0.2) is 24.3 Å². The maximum Gasteiger partial charge on any atom is 0.0314 e. The van der Waals surface area contributed by atoms with Crippen LogP contribution >= 0.6 is 0 Å². The molecule has 1 rings (SSSR count). The smallest absolute Gasteiger partial charge is 0.0314 e. The number of hydrogen-bond acceptors (Lipinski definition) is 3. The molecule has 0 aliphatic rings. The molecule has 0 radical (unpaired) electrons. The molecule has 0 saturated heterocycles. The van der Waals surface area contributed by atoms with E-state index in [0.29, 0.717) is 24.9 Å². The number of nitrogens with two attached hydrogens (primary N) is 3. The van der Waals surface area contributed by atoms with Gasteiger partial charge in [-0.2, -0.15) is 0 Å². The van der Waals surface area contributed by atoms with Crippen LogP contribution in [0.3, 0.4) is 0 Å². The summed E-state index contributed by atoms with van der Waals surface area (Å²) in [7, 11) is 0. The fraction of sp³-hybridized carbons (Fsp3) is 0.500. The van der Waals surface area contributed by atoms with Crippen molar-refractivity contribution in [3.8, 4) is 0 Å². The fourth-order valence-corrected chi connectivity index (χ4v) is 1.75. The molecule has 0 aromatic heterocycles. The first-order valence-corrected chi connectivity index (χ1v) is 5.43. The van der Waals surface area contributed by atoms with Gasteiger partial charge in [-0.3, -0.25) is 0 Å². The Morgan fingerprint density at radius 1 is 1.07 bits per heavy atom. The van der Waals surface area contributed by atoms with Gasteiger partial charge in [0.1, 0.15) is 0 Å². The molecule has 1 aromatic rings. The highest BCUT2D eigenvalue weighted by Gasteiger charge is 2.11. The quantitative estimate of drug-likeness (QED) is 0.637. The van der Waals surface area contributed by atoms with Crippen LogP contribution in [0.1, 0.15) is 24.8 Å². The minimum absolute atomic E-state index is 0.414. The molecule has 0 bridgehead atoms. The first-order valence-electron chi connectivity index (χ1n) is 5.43. The van der Waals surface area contributed by atoms with E-state index in [1.807, 2.05) is 12.1 Å². The molecule has 0 saturated carbocycles. The third kappa shape index (κ3) is 3.53. The predicted molar refractivity (Wildman–Crippen MR) is 65.5 cm³/mol. The maximum atomic E-state index is 5.64. The van der Waals surface area contributed by atoms with Crippen LogP contribution in [0.25, 0.3) is 0 Å². The van der Waals surface area contributed by atoms with E-state index in [1.54, 1.807) is 0 Å². The molecule has 0 fully saturated rings. The Morgan fingerprint density at radius 3 is 2.07 bits per heavy atom. The van der Waals surface area contributed by atoms with Gasteiger partial charge in [-0.15, -0.1) is 0 Å². The summed E-state index contributed by atoms with van der Waals surface area (Å²) in [5, 5.41) is 0. The zero-order valence-corrected chi connectivity index (χ0v) is 9.32. The summed E-state index contributed by atoms with van der Waals surface area (Å²) < 4.78 is 0. The number of nitrogen functional groups attached to an aromatic ring is 1. The summed E-state index contributed by atoms with van der Waals surface area (Å²) in [6, 6.07) is 8.02. The van der Waals surface area contributed by atoms with Gasteiger partial charge in [0.05, 0.1) is 0 Å². The van der Waals surface area contributed by atoms with E-state index in [0.717, 1.165) is 12.1 Å². The lowest BCUT2D eigenvalue weighted by Crippen LogP contribution is -2.24. The molecule has 0 aliphatic carbocycles. The van der Waals surface area contributed by atoms with Crippen molar-refractivity contribution < 1.29 is 0 Å². The molecule has 1 unspecified atom stereocenters. The normalized spacial score (nSPS) is 13.1. The molecule has 15 heavy (non-hydrogen) atoms. The average Bonchev–Trinajstić information content (AvgIpc) is 2.26. The van der Waals surface area contributed by atoms with E-state index in [9.17, 15) is 0 Å². The van der Waals surface area contributed by atoms with E-state index < -0.39 is 0 Å². The maximum absolute atomic E-state index is 5.64. The number of hydrogen-bond donors (Lipinski definition) is 3. The van der Waals surface area contributed by atoms with Crippen LogP contribution in [0.2, 0.25) is 0 Å². The van der Waals surface area contributed by atoms with Gasteiger partial charge in [0.2, 0.25) is 0 Å².